The van der Waals surface area contributed by atoms with Gasteiger partial charge in [-0.15, -0.1) is 10.2 Å². The Labute approximate surface area is 203 Å². The summed E-state index contributed by atoms with van der Waals surface area (Å²) in [4.78, 5) is 17.8. The first kappa shape index (κ1) is 23.6. The van der Waals surface area contributed by atoms with Gasteiger partial charge in [-0.3, -0.25) is 4.79 Å². The SMILES string of the molecule is Cc1ccc(CC(=O)Nc2cc(-c3ccccc3-c3nn[nH]n3)cnc2SC(C)(C)C)c(C)c1. The first-order chi connectivity index (χ1) is 16.2. The molecule has 34 heavy (non-hydrogen) atoms. The number of carbonyl (C=O) groups excluding carboxylic acids is 1. The number of anilines is 1. The van der Waals surface area contributed by atoms with Crippen LogP contribution in [0.3, 0.4) is 0 Å². The zero-order valence-electron chi connectivity index (χ0n) is 20.0. The van der Waals surface area contributed by atoms with E-state index in [1.807, 2.05) is 55.6 Å². The van der Waals surface area contributed by atoms with Gasteiger partial charge in [0, 0.05) is 22.1 Å². The molecule has 0 radical (unpaired) electrons. The van der Waals surface area contributed by atoms with Crippen LogP contribution >= 0.6 is 11.8 Å². The molecule has 8 heteroatoms. The largest absolute Gasteiger partial charge is 0.323 e. The van der Waals surface area contributed by atoms with E-state index in [1.165, 1.54) is 5.56 Å². The molecule has 0 aliphatic heterocycles. The summed E-state index contributed by atoms with van der Waals surface area (Å²) >= 11 is 1.62. The minimum absolute atomic E-state index is 0.0654. The van der Waals surface area contributed by atoms with E-state index in [0.29, 0.717) is 17.9 Å². The summed E-state index contributed by atoms with van der Waals surface area (Å²) < 4.78 is -0.0654. The zero-order chi connectivity index (χ0) is 24.3. The van der Waals surface area contributed by atoms with Crippen molar-refractivity contribution in [2.75, 3.05) is 5.32 Å². The molecule has 0 fully saturated rings. The summed E-state index contributed by atoms with van der Waals surface area (Å²) in [7, 11) is 0. The van der Waals surface area contributed by atoms with E-state index in [9.17, 15) is 4.79 Å². The lowest BCUT2D eigenvalue weighted by atomic mass is 10.0. The van der Waals surface area contributed by atoms with Gasteiger partial charge >= 0.3 is 0 Å². The molecule has 1 amide bonds. The van der Waals surface area contributed by atoms with Gasteiger partial charge in [0.05, 0.1) is 12.1 Å². The maximum absolute atomic E-state index is 13.1. The van der Waals surface area contributed by atoms with Crippen molar-refractivity contribution in [3.05, 3.63) is 71.4 Å². The van der Waals surface area contributed by atoms with Gasteiger partial charge in [-0.2, -0.15) is 5.21 Å². The summed E-state index contributed by atoms with van der Waals surface area (Å²) in [6.45, 7) is 10.5. The van der Waals surface area contributed by atoms with Gasteiger partial charge in [0.25, 0.3) is 0 Å². The van der Waals surface area contributed by atoms with Gasteiger partial charge in [0.15, 0.2) is 0 Å². The number of H-pyrrole nitrogens is 1. The molecule has 0 aliphatic rings. The highest BCUT2D eigenvalue weighted by molar-refractivity contribution is 8.00. The van der Waals surface area contributed by atoms with Crippen molar-refractivity contribution >= 4 is 23.4 Å². The fourth-order valence-electron chi connectivity index (χ4n) is 3.68. The van der Waals surface area contributed by atoms with Crippen LogP contribution in [0.4, 0.5) is 5.69 Å². The third kappa shape index (κ3) is 5.69. The summed E-state index contributed by atoms with van der Waals surface area (Å²) in [5.41, 5.74) is 6.61. The van der Waals surface area contributed by atoms with Crippen molar-refractivity contribution in [3.8, 4) is 22.5 Å². The van der Waals surface area contributed by atoms with Crippen LogP contribution in [-0.4, -0.2) is 36.3 Å². The van der Waals surface area contributed by atoms with Crippen LogP contribution in [0.15, 0.2) is 59.8 Å². The van der Waals surface area contributed by atoms with Crippen molar-refractivity contribution in [2.24, 2.45) is 0 Å². The highest BCUT2D eigenvalue weighted by atomic mass is 32.2. The van der Waals surface area contributed by atoms with Crippen LogP contribution in [-0.2, 0) is 11.2 Å². The van der Waals surface area contributed by atoms with Crippen molar-refractivity contribution in [1.82, 2.24) is 25.6 Å². The Kier molecular flexibility index (Phi) is 6.79. The van der Waals surface area contributed by atoms with Gasteiger partial charge in [-0.05, 0) is 41.8 Å². The normalized spacial score (nSPS) is 11.4. The maximum atomic E-state index is 13.1. The molecule has 0 saturated heterocycles. The molecule has 4 aromatic rings. The number of nitrogens with one attached hydrogen (secondary N) is 2. The number of aromatic amines is 1. The maximum Gasteiger partial charge on any atom is 0.228 e. The number of hydrogen-bond acceptors (Lipinski definition) is 6. The topological polar surface area (TPSA) is 96.5 Å². The van der Waals surface area contributed by atoms with Crippen molar-refractivity contribution in [1.29, 1.82) is 0 Å². The predicted octanol–water partition coefficient (Wildman–Crippen LogP) is 5.62. The minimum atomic E-state index is -0.0758. The average molecular weight is 473 g/mol. The zero-order valence-corrected chi connectivity index (χ0v) is 20.8. The molecule has 0 bridgehead atoms. The van der Waals surface area contributed by atoms with Crippen LogP contribution < -0.4 is 5.32 Å². The number of benzene rings is 2. The third-order valence-electron chi connectivity index (χ3n) is 5.20. The lowest BCUT2D eigenvalue weighted by molar-refractivity contribution is -0.115. The summed E-state index contributed by atoms with van der Waals surface area (Å²) in [6.07, 6.45) is 2.13. The number of aryl methyl sites for hydroxylation is 2. The smallest absolute Gasteiger partial charge is 0.228 e. The van der Waals surface area contributed by atoms with E-state index in [-0.39, 0.29) is 10.7 Å². The molecule has 0 atom stereocenters. The van der Waals surface area contributed by atoms with Crippen LogP contribution in [0, 0.1) is 13.8 Å². The van der Waals surface area contributed by atoms with Crippen LogP contribution in [0.25, 0.3) is 22.5 Å². The molecule has 0 spiro atoms. The van der Waals surface area contributed by atoms with E-state index >= 15 is 0 Å². The molecule has 2 N–H and O–H groups in total. The second kappa shape index (κ2) is 9.77. The standard InChI is InChI=1S/C26H28N6OS/c1-16-10-11-18(17(2)12-16)14-23(33)28-22-13-19(15-27-25(22)34-26(3,4)5)20-8-6-7-9-21(20)24-29-31-32-30-24/h6-13,15H,14H2,1-5H3,(H,28,33)(H,29,30,31,32). The number of nitrogens with zero attached hydrogens (tertiary/aromatic N) is 4. The Hall–Kier alpha value is -3.52. The number of amides is 1. The number of pyridine rings is 1. The lowest BCUT2D eigenvalue weighted by Gasteiger charge is -2.20. The average Bonchev–Trinajstić information content (AvgIpc) is 3.31. The molecule has 0 aliphatic carbocycles. The number of rotatable bonds is 6. The Bertz CT molecular complexity index is 1310. The van der Waals surface area contributed by atoms with Crippen molar-refractivity contribution in [2.45, 2.75) is 50.8 Å². The molecule has 174 valence electrons. The van der Waals surface area contributed by atoms with Gasteiger partial charge < -0.3 is 5.32 Å². The fourth-order valence-corrected chi connectivity index (χ4v) is 4.58. The molecular formula is C26H28N6OS. The van der Waals surface area contributed by atoms with Gasteiger partial charge in [-0.1, -0.05) is 80.6 Å². The van der Waals surface area contributed by atoms with E-state index in [1.54, 1.807) is 11.8 Å². The Morgan fingerprint density at radius 2 is 1.82 bits per heavy atom. The molecule has 0 saturated carbocycles. The van der Waals surface area contributed by atoms with E-state index in [2.05, 4.69) is 59.7 Å². The molecule has 2 heterocycles. The van der Waals surface area contributed by atoms with Crippen LogP contribution in [0.1, 0.15) is 37.5 Å². The highest BCUT2D eigenvalue weighted by Crippen LogP contribution is 2.38. The van der Waals surface area contributed by atoms with Crippen LogP contribution in [0.2, 0.25) is 0 Å². The number of hydrogen-bond donors (Lipinski definition) is 2. The molecule has 0 unspecified atom stereocenters. The number of carbonyl (C=O) groups is 1. The highest BCUT2D eigenvalue weighted by Gasteiger charge is 2.20. The summed E-state index contributed by atoms with van der Waals surface area (Å²) in [5, 5.41) is 18.3. The lowest BCUT2D eigenvalue weighted by Crippen LogP contribution is -2.17. The summed E-state index contributed by atoms with van der Waals surface area (Å²) in [6, 6.07) is 15.9. The molecular weight excluding hydrogens is 444 g/mol. The Morgan fingerprint density at radius 3 is 2.50 bits per heavy atom. The van der Waals surface area contributed by atoms with Crippen molar-refractivity contribution in [3.63, 3.8) is 0 Å². The monoisotopic (exact) mass is 472 g/mol. The van der Waals surface area contributed by atoms with E-state index in [0.717, 1.165) is 32.8 Å². The molecule has 7 nitrogen and oxygen atoms in total. The van der Waals surface area contributed by atoms with Gasteiger partial charge in [0.1, 0.15) is 5.03 Å². The quantitative estimate of drug-likeness (QED) is 0.354. The molecule has 2 aromatic heterocycles. The Morgan fingerprint density at radius 1 is 1.06 bits per heavy atom. The fraction of sp³-hybridized carbons (Fsp3) is 0.269. The molecule has 2 aromatic carbocycles. The van der Waals surface area contributed by atoms with Crippen LogP contribution in [0.5, 0.6) is 0 Å². The molecule has 4 rings (SSSR count). The first-order valence-electron chi connectivity index (χ1n) is 11.1. The van der Waals surface area contributed by atoms with E-state index < -0.39 is 0 Å². The predicted molar refractivity (Wildman–Crippen MR) is 137 cm³/mol. The first-order valence-corrected chi connectivity index (χ1v) is 11.9. The number of tetrazole rings is 1. The number of thioether (sulfide) groups is 1. The Balaban J connectivity index is 1.69. The summed E-state index contributed by atoms with van der Waals surface area (Å²) in [5.74, 6) is 0.428. The number of aromatic nitrogens is 5. The minimum Gasteiger partial charge on any atom is -0.323 e. The van der Waals surface area contributed by atoms with Gasteiger partial charge in [-0.25, -0.2) is 4.98 Å². The third-order valence-corrected chi connectivity index (χ3v) is 6.33. The second-order valence-electron chi connectivity index (χ2n) is 9.23. The van der Waals surface area contributed by atoms with Gasteiger partial charge in [0.2, 0.25) is 11.7 Å². The second-order valence-corrected chi connectivity index (χ2v) is 11.0. The van der Waals surface area contributed by atoms with E-state index in [4.69, 9.17) is 4.98 Å². The van der Waals surface area contributed by atoms with Crippen molar-refractivity contribution < 1.29 is 4.79 Å².